The molecule has 6 nitrogen and oxygen atoms in total. The highest BCUT2D eigenvalue weighted by Gasteiger charge is 2.16. The number of carbonyl (C=O) groups is 3. The minimum Gasteiger partial charge on any atom is -0.465 e. The van der Waals surface area contributed by atoms with Crippen molar-refractivity contribution in [1.29, 1.82) is 0 Å². The summed E-state index contributed by atoms with van der Waals surface area (Å²) in [5, 5.41) is 2.55. The minimum atomic E-state index is -0.561. The molecule has 0 aromatic heterocycles. The lowest BCUT2D eigenvalue weighted by Crippen LogP contribution is -2.22. The smallest absolute Gasteiger partial charge is 0.339 e. The van der Waals surface area contributed by atoms with E-state index in [1.807, 2.05) is 37.3 Å². The molecule has 0 fully saturated rings. The van der Waals surface area contributed by atoms with Crippen LogP contribution in [0, 0.1) is 0 Å². The Kier molecular flexibility index (Phi) is 6.91. The second kappa shape index (κ2) is 9.36. The molecule has 136 valence electrons. The Labute approximate surface area is 152 Å². The summed E-state index contributed by atoms with van der Waals surface area (Å²) in [6.45, 7) is 1.50. The first kappa shape index (κ1) is 19.2. The molecule has 0 saturated heterocycles. The Morgan fingerprint density at radius 1 is 1.00 bits per heavy atom. The molecule has 0 spiro atoms. The predicted octanol–water partition coefficient (Wildman–Crippen LogP) is 3.15. The number of para-hydroxylation sites is 1. The summed E-state index contributed by atoms with van der Waals surface area (Å²) in [6.07, 6.45) is 0.177. The number of rotatable bonds is 7. The van der Waals surface area contributed by atoms with Gasteiger partial charge in [-0.15, -0.1) is 0 Å². The summed E-state index contributed by atoms with van der Waals surface area (Å²) >= 11 is 0. The van der Waals surface area contributed by atoms with Gasteiger partial charge in [-0.1, -0.05) is 49.4 Å². The van der Waals surface area contributed by atoms with Crippen LogP contribution in [0.5, 0.6) is 0 Å². The molecule has 1 atom stereocenters. The quantitative estimate of drug-likeness (QED) is 0.772. The van der Waals surface area contributed by atoms with E-state index in [2.05, 4.69) is 10.1 Å². The molecule has 2 aromatic carbocycles. The summed E-state index contributed by atoms with van der Waals surface area (Å²) in [4.78, 5) is 35.6. The fourth-order valence-corrected chi connectivity index (χ4v) is 2.42. The third kappa shape index (κ3) is 5.44. The maximum Gasteiger partial charge on any atom is 0.339 e. The number of amides is 1. The third-order valence-electron chi connectivity index (χ3n) is 3.81. The number of anilines is 1. The zero-order valence-electron chi connectivity index (χ0n) is 14.7. The van der Waals surface area contributed by atoms with Crippen LogP contribution in [0.25, 0.3) is 0 Å². The summed E-state index contributed by atoms with van der Waals surface area (Å²) in [6, 6.07) is 16.0. The van der Waals surface area contributed by atoms with E-state index in [-0.39, 0.29) is 17.9 Å². The van der Waals surface area contributed by atoms with Gasteiger partial charge in [-0.3, -0.25) is 9.59 Å². The number of hydrogen-bond acceptors (Lipinski definition) is 5. The van der Waals surface area contributed by atoms with E-state index < -0.39 is 24.5 Å². The van der Waals surface area contributed by atoms with E-state index in [0.717, 1.165) is 5.56 Å². The third-order valence-corrected chi connectivity index (χ3v) is 3.81. The molecule has 0 saturated carbocycles. The van der Waals surface area contributed by atoms with Crippen molar-refractivity contribution in [2.75, 3.05) is 19.0 Å². The van der Waals surface area contributed by atoms with Gasteiger partial charge in [0.2, 0.25) is 0 Å². The first-order chi connectivity index (χ1) is 12.5. The first-order valence-electron chi connectivity index (χ1n) is 8.19. The molecule has 0 heterocycles. The van der Waals surface area contributed by atoms with Crippen molar-refractivity contribution in [3.05, 3.63) is 65.7 Å². The van der Waals surface area contributed by atoms with Crippen LogP contribution in [-0.4, -0.2) is 31.6 Å². The van der Waals surface area contributed by atoms with Crippen LogP contribution in [-0.2, 0) is 19.1 Å². The van der Waals surface area contributed by atoms with E-state index >= 15 is 0 Å². The summed E-state index contributed by atoms with van der Waals surface area (Å²) in [5.74, 6) is -1.55. The zero-order chi connectivity index (χ0) is 18.9. The van der Waals surface area contributed by atoms with Crippen LogP contribution in [0.15, 0.2) is 54.6 Å². The number of nitrogens with one attached hydrogen (secondary N) is 1. The van der Waals surface area contributed by atoms with Crippen molar-refractivity contribution >= 4 is 23.5 Å². The molecule has 1 amide bonds. The lowest BCUT2D eigenvalue weighted by Gasteiger charge is -2.12. The number of ether oxygens (including phenoxy) is 2. The van der Waals surface area contributed by atoms with Gasteiger partial charge in [0.15, 0.2) is 6.61 Å². The van der Waals surface area contributed by atoms with Crippen molar-refractivity contribution in [1.82, 2.24) is 0 Å². The summed E-state index contributed by atoms with van der Waals surface area (Å²) in [5.41, 5.74) is 1.56. The fraction of sp³-hybridized carbons (Fsp3) is 0.250. The second-order valence-electron chi connectivity index (χ2n) is 5.76. The highest BCUT2D eigenvalue weighted by molar-refractivity contribution is 6.01. The standard InChI is InChI=1S/C20H21NO5/c1-14(15-8-4-3-5-9-15)12-19(23)26-13-18(22)21-17-11-7-6-10-16(17)20(24)25-2/h3-11,14H,12-13H2,1-2H3,(H,21,22)/t14-/m0/s1. The van der Waals surface area contributed by atoms with Gasteiger partial charge in [0.1, 0.15) is 0 Å². The van der Waals surface area contributed by atoms with Gasteiger partial charge < -0.3 is 14.8 Å². The highest BCUT2D eigenvalue weighted by Crippen LogP contribution is 2.19. The number of benzene rings is 2. The van der Waals surface area contributed by atoms with Crippen LogP contribution in [0.3, 0.4) is 0 Å². The average molecular weight is 355 g/mol. The molecule has 0 bridgehead atoms. The molecule has 0 aliphatic carbocycles. The molecule has 1 N–H and O–H groups in total. The summed E-state index contributed by atoms with van der Waals surface area (Å²) < 4.78 is 9.69. The monoisotopic (exact) mass is 355 g/mol. The van der Waals surface area contributed by atoms with Gasteiger partial charge >= 0.3 is 11.9 Å². The van der Waals surface area contributed by atoms with E-state index in [0.29, 0.717) is 5.69 Å². The Balaban J connectivity index is 1.85. The van der Waals surface area contributed by atoms with Crippen LogP contribution < -0.4 is 5.32 Å². The molecule has 0 unspecified atom stereocenters. The molecule has 2 rings (SSSR count). The van der Waals surface area contributed by atoms with E-state index in [1.165, 1.54) is 13.2 Å². The van der Waals surface area contributed by atoms with Crippen molar-refractivity contribution in [2.45, 2.75) is 19.3 Å². The molecule has 2 aromatic rings. The number of carbonyl (C=O) groups excluding carboxylic acids is 3. The van der Waals surface area contributed by atoms with E-state index in [9.17, 15) is 14.4 Å². The van der Waals surface area contributed by atoms with Crippen molar-refractivity contribution < 1.29 is 23.9 Å². The number of esters is 2. The van der Waals surface area contributed by atoms with E-state index in [4.69, 9.17) is 4.74 Å². The van der Waals surface area contributed by atoms with Gasteiger partial charge in [0.05, 0.1) is 24.8 Å². The summed E-state index contributed by atoms with van der Waals surface area (Å²) in [7, 11) is 1.26. The van der Waals surface area contributed by atoms with Gasteiger partial charge in [-0.2, -0.15) is 0 Å². The normalized spacial score (nSPS) is 11.3. The Morgan fingerprint density at radius 2 is 1.65 bits per heavy atom. The van der Waals surface area contributed by atoms with Crippen LogP contribution in [0.4, 0.5) is 5.69 Å². The lowest BCUT2D eigenvalue weighted by molar-refractivity contribution is -0.147. The molecular formula is C20H21NO5. The predicted molar refractivity (Wildman–Crippen MR) is 96.8 cm³/mol. The Bertz CT molecular complexity index is 773. The van der Waals surface area contributed by atoms with Crippen molar-refractivity contribution in [3.8, 4) is 0 Å². The van der Waals surface area contributed by atoms with Gasteiger partial charge in [0, 0.05) is 0 Å². The molecule has 0 radical (unpaired) electrons. The molecule has 26 heavy (non-hydrogen) atoms. The maximum absolute atomic E-state index is 12.0. The van der Waals surface area contributed by atoms with Crippen LogP contribution in [0.1, 0.15) is 35.2 Å². The van der Waals surface area contributed by atoms with Gasteiger partial charge in [-0.25, -0.2) is 4.79 Å². The molecular weight excluding hydrogens is 334 g/mol. The largest absolute Gasteiger partial charge is 0.465 e. The van der Waals surface area contributed by atoms with Gasteiger partial charge in [0.25, 0.3) is 5.91 Å². The number of methoxy groups -OCH3 is 1. The van der Waals surface area contributed by atoms with E-state index in [1.54, 1.807) is 18.2 Å². The van der Waals surface area contributed by atoms with Gasteiger partial charge in [-0.05, 0) is 23.6 Å². The Hall–Kier alpha value is -3.15. The minimum absolute atomic E-state index is 0.00758. The first-order valence-corrected chi connectivity index (χ1v) is 8.19. The lowest BCUT2D eigenvalue weighted by atomic mass is 9.98. The second-order valence-corrected chi connectivity index (χ2v) is 5.76. The molecule has 0 aliphatic rings. The zero-order valence-corrected chi connectivity index (χ0v) is 14.7. The topological polar surface area (TPSA) is 81.7 Å². The van der Waals surface area contributed by atoms with Crippen molar-refractivity contribution in [2.24, 2.45) is 0 Å². The fourth-order valence-electron chi connectivity index (χ4n) is 2.42. The highest BCUT2D eigenvalue weighted by atomic mass is 16.5. The SMILES string of the molecule is COC(=O)c1ccccc1NC(=O)COC(=O)C[C@H](C)c1ccccc1. The molecule has 0 aliphatic heterocycles. The van der Waals surface area contributed by atoms with Crippen molar-refractivity contribution in [3.63, 3.8) is 0 Å². The maximum atomic E-state index is 12.0. The number of hydrogen-bond donors (Lipinski definition) is 1. The van der Waals surface area contributed by atoms with Crippen LogP contribution >= 0.6 is 0 Å². The Morgan fingerprint density at radius 3 is 2.35 bits per heavy atom. The average Bonchev–Trinajstić information content (AvgIpc) is 2.67. The van der Waals surface area contributed by atoms with Crippen LogP contribution in [0.2, 0.25) is 0 Å². The molecule has 6 heteroatoms.